The molecule has 0 saturated carbocycles. The third-order valence-electron chi connectivity index (χ3n) is 5.00. The number of amides is 2. The van der Waals surface area contributed by atoms with Crippen LogP contribution in [0.1, 0.15) is 40.0 Å². The number of rotatable bonds is 5. The molecule has 2 fully saturated rings. The number of piperidine rings is 1. The summed E-state index contributed by atoms with van der Waals surface area (Å²) in [6.07, 6.45) is 1.60. The highest BCUT2D eigenvalue weighted by Gasteiger charge is 2.42. The Morgan fingerprint density at radius 2 is 1.84 bits per heavy atom. The Morgan fingerprint density at radius 1 is 1.24 bits per heavy atom. The number of nitrogens with zero attached hydrogens (tertiary/aromatic N) is 2. The van der Waals surface area contributed by atoms with E-state index in [9.17, 15) is 23.1 Å². The summed E-state index contributed by atoms with van der Waals surface area (Å²) >= 11 is 0. The summed E-state index contributed by atoms with van der Waals surface area (Å²) in [5, 5.41) is 12.2. The van der Waals surface area contributed by atoms with Crippen LogP contribution in [0.5, 0.6) is 0 Å². The Kier molecular flexibility index (Phi) is 5.98. The maximum Gasteiger partial charge on any atom is 0.317 e. The molecule has 2 aliphatic heterocycles. The number of carboxylic acids is 1. The zero-order valence-corrected chi connectivity index (χ0v) is 16.0. The minimum atomic E-state index is -3.23. The molecule has 8 nitrogen and oxygen atoms in total. The first-order valence-electron chi connectivity index (χ1n) is 8.80. The highest BCUT2D eigenvalue weighted by Crippen LogP contribution is 2.30. The molecular weight excluding hydrogens is 346 g/mol. The summed E-state index contributed by atoms with van der Waals surface area (Å²) in [6, 6.07) is -0.330. The Morgan fingerprint density at radius 3 is 2.32 bits per heavy atom. The average molecular weight is 375 g/mol. The predicted molar refractivity (Wildman–Crippen MR) is 93.7 cm³/mol. The van der Waals surface area contributed by atoms with Gasteiger partial charge in [-0.25, -0.2) is 17.5 Å². The van der Waals surface area contributed by atoms with Crippen LogP contribution in [0.25, 0.3) is 0 Å². The first-order chi connectivity index (χ1) is 11.5. The van der Waals surface area contributed by atoms with E-state index in [1.54, 1.807) is 6.92 Å². The SMILES string of the molecule is CC(C)CS(=O)(=O)N1CCC(NC(=O)N2CCC(C)(C(=O)O)C2)CC1. The van der Waals surface area contributed by atoms with Gasteiger partial charge >= 0.3 is 12.0 Å². The topological polar surface area (TPSA) is 107 Å². The van der Waals surface area contributed by atoms with Crippen molar-refractivity contribution in [2.24, 2.45) is 11.3 Å². The maximum absolute atomic E-state index is 12.3. The Labute approximate surface area is 149 Å². The van der Waals surface area contributed by atoms with Gasteiger partial charge in [0.1, 0.15) is 0 Å². The second-order valence-corrected chi connectivity index (χ2v) is 9.85. The van der Waals surface area contributed by atoms with E-state index in [4.69, 9.17) is 0 Å². The van der Waals surface area contributed by atoms with Gasteiger partial charge in [-0.15, -0.1) is 0 Å². The van der Waals surface area contributed by atoms with E-state index in [-0.39, 0.29) is 30.3 Å². The summed E-state index contributed by atoms with van der Waals surface area (Å²) in [4.78, 5) is 25.1. The molecule has 25 heavy (non-hydrogen) atoms. The van der Waals surface area contributed by atoms with Crippen molar-refractivity contribution in [2.75, 3.05) is 31.9 Å². The Balaban J connectivity index is 1.82. The zero-order chi connectivity index (χ0) is 18.8. The molecule has 2 rings (SSSR count). The fraction of sp³-hybridized carbons (Fsp3) is 0.875. The lowest BCUT2D eigenvalue weighted by Crippen LogP contribution is -2.50. The molecule has 0 spiro atoms. The monoisotopic (exact) mass is 375 g/mol. The van der Waals surface area contributed by atoms with Crippen LogP contribution in [0.4, 0.5) is 4.79 Å². The van der Waals surface area contributed by atoms with Crippen molar-refractivity contribution in [3.8, 4) is 0 Å². The van der Waals surface area contributed by atoms with Crippen LogP contribution < -0.4 is 5.32 Å². The van der Waals surface area contributed by atoms with Gasteiger partial charge in [0.25, 0.3) is 0 Å². The van der Waals surface area contributed by atoms with Crippen LogP contribution in [0, 0.1) is 11.3 Å². The molecule has 2 aliphatic rings. The lowest BCUT2D eigenvalue weighted by molar-refractivity contribution is -0.147. The van der Waals surface area contributed by atoms with Gasteiger partial charge in [0.05, 0.1) is 11.2 Å². The van der Waals surface area contributed by atoms with Gasteiger partial charge in [-0.2, -0.15) is 0 Å². The van der Waals surface area contributed by atoms with Gasteiger partial charge in [-0.1, -0.05) is 13.8 Å². The van der Waals surface area contributed by atoms with Crippen molar-refractivity contribution >= 4 is 22.0 Å². The van der Waals surface area contributed by atoms with Gasteiger partial charge in [0.2, 0.25) is 10.0 Å². The number of carbonyl (C=O) groups excluding carboxylic acids is 1. The number of sulfonamides is 1. The predicted octanol–water partition coefficient (Wildman–Crippen LogP) is 0.943. The Hall–Kier alpha value is -1.35. The third-order valence-corrected chi connectivity index (χ3v) is 7.24. The van der Waals surface area contributed by atoms with Crippen molar-refractivity contribution in [2.45, 2.75) is 46.1 Å². The lowest BCUT2D eigenvalue weighted by atomic mass is 9.90. The molecule has 1 atom stereocenters. The van der Waals surface area contributed by atoms with Gasteiger partial charge < -0.3 is 15.3 Å². The fourth-order valence-corrected chi connectivity index (χ4v) is 5.20. The molecule has 2 saturated heterocycles. The molecule has 2 heterocycles. The molecule has 0 bridgehead atoms. The van der Waals surface area contributed by atoms with Crippen molar-refractivity contribution in [3.05, 3.63) is 0 Å². The highest BCUT2D eigenvalue weighted by atomic mass is 32.2. The molecule has 2 N–H and O–H groups in total. The molecular formula is C16H29N3O5S. The molecule has 144 valence electrons. The van der Waals surface area contributed by atoms with Gasteiger partial charge in [0, 0.05) is 32.2 Å². The van der Waals surface area contributed by atoms with Crippen LogP contribution in [0.2, 0.25) is 0 Å². The molecule has 0 radical (unpaired) electrons. The van der Waals surface area contributed by atoms with Crippen molar-refractivity contribution in [1.82, 2.24) is 14.5 Å². The summed E-state index contributed by atoms with van der Waals surface area (Å²) in [5.74, 6) is -0.654. The second kappa shape index (κ2) is 7.49. The van der Waals surface area contributed by atoms with Crippen LogP contribution in [-0.4, -0.2) is 72.7 Å². The summed E-state index contributed by atoms with van der Waals surface area (Å²) < 4.78 is 26.0. The van der Waals surface area contributed by atoms with Crippen LogP contribution in [-0.2, 0) is 14.8 Å². The van der Waals surface area contributed by atoms with Crippen molar-refractivity contribution < 1.29 is 23.1 Å². The van der Waals surface area contributed by atoms with Crippen LogP contribution >= 0.6 is 0 Å². The first kappa shape index (κ1) is 20.0. The Bertz CT molecular complexity index is 613. The quantitative estimate of drug-likeness (QED) is 0.744. The van der Waals surface area contributed by atoms with E-state index in [1.807, 2.05) is 13.8 Å². The summed E-state index contributed by atoms with van der Waals surface area (Å²) in [6.45, 7) is 6.86. The largest absolute Gasteiger partial charge is 0.481 e. The van der Waals surface area contributed by atoms with E-state index in [2.05, 4.69) is 5.32 Å². The number of carbonyl (C=O) groups is 2. The molecule has 0 aromatic rings. The molecule has 0 aromatic carbocycles. The standard InChI is InChI=1S/C16H29N3O5S/c1-12(2)10-25(23,24)19-7-4-13(5-8-19)17-15(22)18-9-6-16(3,11-18)14(20)21/h12-13H,4-11H2,1-3H3,(H,17,22)(H,20,21). The van der Waals surface area contributed by atoms with Crippen LogP contribution in [0.15, 0.2) is 0 Å². The van der Waals surface area contributed by atoms with E-state index < -0.39 is 21.4 Å². The average Bonchev–Trinajstić information content (AvgIpc) is 2.91. The minimum Gasteiger partial charge on any atom is -0.481 e. The zero-order valence-electron chi connectivity index (χ0n) is 15.2. The number of aliphatic carboxylic acids is 1. The molecule has 0 aromatic heterocycles. The number of hydrogen-bond acceptors (Lipinski definition) is 4. The van der Waals surface area contributed by atoms with E-state index in [0.717, 1.165) is 0 Å². The number of hydrogen-bond donors (Lipinski definition) is 2. The number of likely N-dealkylation sites (tertiary alicyclic amines) is 1. The van der Waals surface area contributed by atoms with E-state index >= 15 is 0 Å². The maximum atomic E-state index is 12.3. The third kappa shape index (κ3) is 4.84. The normalized spacial score (nSPS) is 26.2. The van der Waals surface area contributed by atoms with Crippen LogP contribution in [0.3, 0.4) is 0 Å². The molecule has 0 aliphatic carbocycles. The van der Waals surface area contributed by atoms with E-state index in [0.29, 0.717) is 38.9 Å². The smallest absolute Gasteiger partial charge is 0.317 e. The van der Waals surface area contributed by atoms with Gasteiger partial charge in [-0.3, -0.25) is 4.79 Å². The minimum absolute atomic E-state index is 0.0744. The molecule has 9 heteroatoms. The van der Waals surface area contributed by atoms with Crippen molar-refractivity contribution in [1.29, 1.82) is 0 Å². The first-order valence-corrected chi connectivity index (χ1v) is 10.4. The fourth-order valence-electron chi connectivity index (χ4n) is 3.38. The van der Waals surface area contributed by atoms with Crippen molar-refractivity contribution in [3.63, 3.8) is 0 Å². The highest BCUT2D eigenvalue weighted by molar-refractivity contribution is 7.89. The number of carboxylic acid groups (broad SMARTS) is 1. The van der Waals surface area contributed by atoms with E-state index in [1.165, 1.54) is 9.21 Å². The molecule has 2 amide bonds. The summed E-state index contributed by atoms with van der Waals surface area (Å²) in [5.41, 5.74) is -0.883. The number of nitrogens with one attached hydrogen (secondary N) is 1. The van der Waals surface area contributed by atoms with Gasteiger partial charge in [0.15, 0.2) is 0 Å². The summed E-state index contributed by atoms with van der Waals surface area (Å²) in [7, 11) is -3.23. The molecule has 1 unspecified atom stereocenters. The number of urea groups is 1. The second-order valence-electron chi connectivity index (χ2n) is 7.83. The lowest BCUT2D eigenvalue weighted by Gasteiger charge is -2.33. The van der Waals surface area contributed by atoms with Gasteiger partial charge in [-0.05, 0) is 32.1 Å².